The standard InChI is InChI=1S/C30H32N4O2S2.C2H2/c31-16-27(36)34-12-10-22(11-13-34)29-33-18-26(37-29)30-32-17-25(28(38-30)21-4-2-1-3-5-21)20-8-6-19(7-9-20)23-14-24(35)15-23;1-2/h1-9,18,22-24,35H,10-17,31H2;1-2H. The zero-order valence-electron chi connectivity index (χ0n) is 22.4. The average Bonchev–Trinajstić information content (AvgIpc) is 3.51. The van der Waals surface area contributed by atoms with Crippen LogP contribution in [0.3, 0.4) is 0 Å². The predicted molar refractivity (Wildman–Crippen MR) is 166 cm³/mol. The average molecular weight is 571 g/mol. The number of carbonyl (C=O) groups is 1. The van der Waals surface area contributed by atoms with E-state index in [4.69, 9.17) is 15.7 Å². The molecule has 1 saturated heterocycles. The zero-order chi connectivity index (χ0) is 28.1. The Labute approximate surface area is 244 Å². The lowest BCUT2D eigenvalue weighted by Crippen LogP contribution is -2.41. The van der Waals surface area contributed by atoms with Crippen LogP contribution in [-0.2, 0) is 4.79 Å². The quantitative estimate of drug-likeness (QED) is 0.390. The first-order valence-corrected chi connectivity index (χ1v) is 15.3. The van der Waals surface area contributed by atoms with Gasteiger partial charge in [-0.2, -0.15) is 0 Å². The van der Waals surface area contributed by atoms with Crippen LogP contribution in [0.5, 0.6) is 0 Å². The summed E-state index contributed by atoms with van der Waals surface area (Å²) >= 11 is 3.47. The molecule has 40 heavy (non-hydrogen) atoms. The van der Waals surface area contributed by atoms with E-state index in [1.54, 1.807) is 23.1 Å². The number of terminal acetylenes is 1. The lowest BCUT2D eigenvalue weighted by Gasteiger charge is -2.31. The molecule has 0 spiro atoms. The van der Waals surface area contributed by atoms with Crippen LogP contribution in [0.1, 0.15) is 64.1 Å². The Morgan fingerprint density at radius 3 is 2.35 bits per heavy atom. The highest BCUT2D eigenvalue weighted by molar-refractivity contribution is 8.22. The molecule has 0 atom stereocenters. The fourth-order valence-corrected chi connectivity index (χ4v) is 7.76. The molecule has 2 aromatic carbocycles. The number of aromatic nitrogens is 1. The highest BCUT2D eigenvalue weighted by atomic mass is 32.2. The summed E-state index contributed by atoms with van der Waals surface area (Å²) in [4.78, 5) is 26.0. The molecule has 3 aromatic rings. The second-order valence-corrected chi connectivity index (χ2v) is 12.3. The van der Waals surface area contributed by atoms with Gasteiger partial charge in [0.25, 0.3) is 0 Å². The van der Waals surface area contributed by atoms with E-state index in [2.05, 4.69) is 67.4 Å². The minimum atomic E-state index is -0.144. The number of nitrogens with zero attached hydrogens (tertiary/aromatic N) is 3. The Bertz CT molecular complexity index is 1400. The van der Waals surface area contributed by atoms with Crippen molar-refractivity contribution >= 4 is 44.5 Å². The molecule has 0 unspecified atom stereocenters. The van der Waals surface area contributed by atoms with Crippen LogP contribution in [0.2, 0.25) is 0 Å². The molecule has 3 N–H and O–H groups in total. The van der Waals surface area contributed by atoms with E-state index in [1.165, 1.54) is 27.2 Å². The SMILES string of the molecule is C#C.NCC(=O)N1CCC(c2ncc(C3=NCC(c4ccc(C5CC(O)C5)cc4)=C(c4ccccc4)S3)s2)CC1. The van der Waals surface area contributed by atoms with E-state index < -0.39 is 0 Å². The lowest BCUT2D eigenvalue weighted by atomic mass is 9.77. The number of nitrogens with two attached hydrogens (primary N) is 1. The van der Waals surface area contributed by atoms with E-state index in [0.717, 1.165) is 53.7 Å². The van der Waals surface area contributed by atoms with E-state index in [-0.39, 0.29) is 18.6 Å². The molecule has 6 rings (SSSR count). The zero-order valence-corrected chi connectivity index (χ0v) is 24.0. The molecule has 1 aromatic heterocycles. The minimum absolute atomic E-state index is 0.0312. The minimum Gasteiger partial charge on any atom is -0.393 e. The highest BCUT2D eigenvalue weighted by Crippen LogP contribution is 2.43. The van der Waals surface area contributed by atoms with E-state index in [0.29, 0.717) is 18.4 Å². The molecule has 0 bridgehead atoms. The van der Waals surface area contributed by atoms with Gasteiger partial charge in [0.15, 0.2) is 0 Å². The van der Waals surface area contributed by atoms with Crippen LogP contribution in [-0.4, -0.2) is 58.2 Å². The summed E-state index contributed by atoms with van der Waals surface area (Å²) in [6.45, 7) is 2.20. The largest absolute Gasteiger partial charge is 0.393 e. The van der Waals surface area contributed by atoms with Gasteiger partial charge in [-0.1, -0.05) is 66.4 Å². The summed E-state index contributed by atoms with van der Waals surface area (Å²) in [5.41, 5.74) is 10.5. The number of hydrogen-bond donors (Lipinski definition) is 2. The van der Waals surface area contributed by atoms with E-state index in [9.17, 15) is 9.90 Å². The van der Waals surface area contributed by atoms with Gasteiger partial charge in [0, 0.05) is 30.1 Å². The van der Waals surface area contributed by atoms with Crippen molar-refractivity contribution in [1.29, 1.82) is 0 Å². The lowest BCUT2D eigenvalue weighted by molar-refractivity contribution is -0.130. The Balaban J connectivity index is 0.00000158. The summed E-state index contributed by atoms with van der Waals surface area (Å²) in [5.74, 6) is 0.879. The molecule has 2 aliphatic heterocycles. The van der Waals surface area contributed by atoms with Gasteiger partial charge >= 0.3 is 0 Å². The van der Waals surface area contributed by atoms with Crippen molar-refractivity contribution in [2.24, 2.45) is 10.7 Å². The number of hydrogen-bond acceptors (Lipinski definition) is 7. The summed E-state index contributed by atoms with van der Waals surface area (Å²) in [5, 5.41) is 11.8. The fraction of sp³-hybridized carbons (Fsp3) is 0.344. The molecule has 6 nitrogen and oxygen atoms in total. The molecule has 3 aliphatic rings. The van der Waals surface area contributed by atoms with E-state index in [1.807, 2.05) is 11.1 Å². The second kappa shape index (κ2) is 13.0. The molecular formula is C32H34N4O2S2. The van der Waals surface area contributed by atoms with Crippen LogP contribution in [0.4, 0.5) is 0 Å². The van der Waals surface area contributed by atoms with Crippen molar-refractivity contribution < 1.29 is 9.90 Å². The Morgan fingerprint density at radius 2 is 1.70 bits per heavy atom. The Kier molecular flexibility index (Phi) is 9.18. The predicted octanol–water partition coefficient (Wildman–Crippen LogP) is 5.36. The molecule has 1 amide bonds. The number of thiazole rings is 1. The number of thioether (sulfide) groups is 1. The molecule has 1 aliphatic carbocycles. The monoisotopic (exact) mass is 570 g/mol. The molecule has 1 saturated carbocycles. The molecular weight excluding hydrogens is 537 g/mol. The summed E-state index contributed by atoms with van der Waals surface area (Å²) in [7, 11) is 0. The fourth-order valence-electron chi connectivity index (χ4n) is 5.48. The normalized spacial score (nSPS) is 21.2. The smallest absolute Gasteiger partial charge is 0.236 e. The van der Waals surface area contributed by atoms with Crippen molar-refractivity contribution in [2.45, 2.75) is 43.6 Å². The first kappa shape index (κ1) is 28.3. The summed E-state index contributed by atoms with van der Waals surface area (Å²) < 4.78 is 0. The number of aliphatic imine (C=N–C) groups is 1. The van der Waals surface area contributed by atoms with Crippen molar-refractivity contribution in [3.8, 4) is 12.8 Å². The van der Waals surface area contributed by atoms with Crippen LogP contribution in [0, 0.1) is 12.8 Å². The van der Waals surface area contributed by atoms with Gasteiger partial charge in [-0.05, 0) is 53.9 Å². The number of aliphatic hydroxyl groups excluding tert-OH is 1. The Morgan fingerprint density at radius 1 is 1.00 bits per heavy atom. The Hall–Kier alpha value is -3.22. The third kappa shape index (κ3) is 6.08. The molecule has 8 heteroatoms. The van der Waals surface area contributed by atoms with Gasteiger partial charge in [-0.15, -0.1) is 24.2 Å². The van der Waals surface area contributed by atoms with Crippen LogP contribution in [0.15, 0.2) is 65.8 Å². The summed E-state index contributed by atoms with van der Waals surface area (Å²) in [6, 6.07) is 19.4. The third-order valence-corrected chi connectivity index (χ3v) is 10.4. The van der Waals surface area contributed by atoms with Crippen LogP contribution in [0.25, 0.3) is 10.5 Å². The highest BCUT2D eigenvalue weighted by Gasteiger charge is 2.29. The maximum Gasteiger partial charge on any atom is 0.236 e. The number of aliphatic hydroxyl groups is 1. The van der Waals surface area contributed by atoms with Gasteiger partial charge < -0.3 is 15.7 Å². The number of benzene rings is 2. The number of piperidine rings is 1. The van der Waals surface area contributed by atoms with E-state index >= 15 is 0 Å². The maximum atomic E-state index is 11.9. The molecule has 2 fully saturated rings. The van der Waals surface area contributed by atoms with Crippen LogP contribution >= 0.6 is 23.1 Å². The van der Waals surface area contributed by atoms with Crippen molar-refractivity contribution in [2.75, 3.05) is 26.2 Å². The van der Waals surface area contributed by atoms with Crippen molar-refractivity contribution in [3.05, 3.63) is 87.4 Å². The van der Waals surface area contributed by atoms with Crippen molar-refractivity contribution in [3.63, 3.8) is 0 Å². The van der Waals surface area contributed by atoms with Gasteiger partial charge in [-0.3, -0.25) is 9.79 Å². The topological polar surface area (TPSA) is 91.8 Å². The number of rotatable bonds is 6. The maximum absolute atomic E-state index is 11.9. The molecule has 206 valence electrons. The van der Waals surface area contributed by atoms with Gasteiger partial charge in [0.05, 0.1) is 29.1 Å². The van der Waals surface area contributed by atoms with Gasteiger partial charge in [0.1, 0.15) is 5.04 Å². The number of amides is 1. The summed E-state index contributed by atoms with van der Waals surface area (Å²) in [6.07, 6.45) is 13.4. The molecule has 0 radical (unpaired) electrons. The van der Waals surface area contributed by atoms with Crippen molar-refractivity contribution in [1.82, 2.24) is 9.88 Å². The third-order valence-electron chi connectivity index (χ3n) is 7.84. The number of carbonyl (C=O) groups excluding carboxylic acids is 1. The first-order valence-electron chi connectivity index (χ1n) is 13.7. The molecule has 3 heterocycles. The van der Waals surface area contributed by atoms with Gasteiger partial charge in [-0.25, -0.2) is 4.98 Å². The van der Waals surface area contributed by atoms with Gasteiger partial charge in [0.2, 0.25) is 5.91 Å². The van der Waals surface area contributed by atoms with Crippen LogP contribution < -0.4 is 5.73 Å². The second-order valence-electron chi connectivity index (χ2n) is 10.3. The first-order chi connectivity index (χ1) is 19.6. The number of likely N-dealkylation sites (tertiary alicyclic amines) is 1.